The van der Waals surface area contributed by atoms with Crippen LogP contribution >= 0.6 is 35.4 Å². The van der Waals surface area contributed by atoms with Gasteiger partial charge in [-0.2, -0.15) is 4.99 Å². The number of isothiocyanates is 1. The summed E-state index contributed by atoms with van der Waals surface area (Å²) in [5, 5.41) is 3.73. The van der Waals surface area contributed by atoms with E-state index in [1.165, 1.54) is 0 Å². The third-order valence-corrected chi connectivity index (χ3v) is 3.53. The third kappa shape index (κ3) is 3.05. The lowest BCUT2D eigenvalue weighted by atomic mass is 9.96. The lowest BCUT2D eigenvalue weighted by Gasteiger charge is -2.12. The van der Waals surface area contributed by atoms with Crippen LogP contribution in [0.15, 0.2) is 35.3 Å². The zero-order valence-corrected chi connectivity index (χ0v) is 12.8. The maximum Gasteiger partial charge on any atom is 0.0789 e. The van der Waals surface area contributed by atoms with Gasteiger partial charge in [0.05, 0.1) is 10.8 Å². The van der Waals surface area contributed by atoms with Crippen LogP contribution in [0, 0.1) is 13.8 Å². The number of hydrogen-bond acceptors (Lipinski definition) is 2. The maximum atomic E-state index is 6.14. The van der Waals surface area contributed by atoms with Crippen LogP contribution in [0.3, 0.4) is 0 Å². The van der Waals surface area contributed by atoms with Gasteiger partial charge >= 0.3 is 0 Å². The minimum absolute atomic E-state index is 0.624. The molecule has 2 aromatic carbocycles. The van der Waals surface area contributed by atoms with Crippen LogP contribution < -0.4 is 0 Å². The number of benzene rings is 2. The topological polar surface area (TPSA) is 12.4 Å². The summed E-state index contributed by atoms with van der Waals surface area (Å²) in [5.74, 6) is 0. The predicted octanol–water partition coefficient (Wildman–Crippen LogP) is 6.01. The van der Waals surface area contributed by atoms with Crippen LogP contribution in [0.2, 0.25) is 10.0 Å². The normalized spacial score (nSPS) is 10.1. The highest BCUT2D eigenvalue weighted by molar-refractivity contribution is 7.78. The number of halogens is 2. The molecule has 0 saturated carbocycles. The second kappa shape index (κ2) is 5.85. The Morgan fingerprint density at radius 3 is 2.37 bits per heavy atom. The summed E-state index contributed by atoms with van der Waals surface area (Å²) >= 11 is 16.8. The van der Waals surface area contributed by atoms with Crippen LogP contribution in [0.1, 0.15) is 11.1 Å². The molecule has 1 nitrogen and oxygen atoms in total. The number of rotatable bonds is 2. The molecule has 0 N–H and O–H groups in total. The van der Waals surface area contributed by atoms with Gasteiger partial charge in [-0.05, 0) is 72.6 Å². The van der Waals surface area contributed by atoms with Crippen molar-refractivity contribution in [2.75, 3.05) is 0 Å². The smallest absolute Gasteiger partial charge is 0.0789 e. The lowest BCUT2D eigenvalue weighted by molar-refractivity contribution is 1.38. The average molecular weight is 308 g/mol. The Hall–Kier alpha value is -1.18. The summed E-state index contributed by atoms with van der Waals surface area (Å²) in [6.07, 6.45) is 0. The number of aliphatic imine (C=N–C) groups is 1. The molecule has 0 radical (unpaired) electrons. The summed E-state index contributed by atoms with van der Waals surface area (Å²) in [6.45, 7) is 4.01. The van der Waals surface area contributed by atoms with E-state index >= 15 is 0 Å². The molecule has 0 atom stereocenters. The molecule has 0 saturated heterocycles. The van der Waals surface area contributed by atoms with Crippen molar-refractivity contribution in [1.29, 1.82) is 0 Å². The van der Waals surface area contributed by atoms with Crippen molar-refractivity contribution in [2.24, 2.45) is 4.99 Å². The van der Waals surface area contributed by atoms with Crippen molar-refractivity contribution < 1.29 is 0 Å². The first kappa shape index (κ1) is 14.2. The highest BCUT2D eigenvalue weighted by atomic mass is 35.5. The molecule has 0 aromatic heterocycles. The summed E-state index contributed by atoms with van der Waals surface area (Å²) in [5.41, 5.74) is 4.98. The van der Waals surface area contributed by atoms with E-state index in [0.29, 0.717) is 5.02 Å². The lowest BCUT2D eigenvalue weighted by Crippen LogP contribution is -1.88. The molecule has 0 bridgehead atoms. The molecule has 0 heterocycles. The molecule has 19 heavy (non-hydrogen) atoms. The second-order valence-electron chi connectivity index (χ2n) is 4.26. The zero-order chi connectivity index (χ0) is 14.0. The van der Waals surface area contributed by atoms with E-state index in [4.69, 9.17) is 23.2 Å². The van der Waals surface area contributed by atoms with E-state index in [-0.39, 0.29) is 0 Å². The molecule has 0 fully saturated rings. The van der Waals surface area contributed by atoms with Gasteiger partial charge in [0.2, 0.25) is 0 Å². The number of aryl methyl sites for hydroxylation is 1. The Bertz CT molecular complexity index is 689. The quantitative estimate of drug-likeness (QED) is 0.488. The predicted molar refractivity (Wildman–Crippen MR) is 86.1 cm³/mol. The van der Waals surface area contributed by atoms with Crippen LogP contribution in [0.5, 0.6) is 0 Å². The SMILES string of the molecule is Cc1cc(Cl)ccc1-c1cc(Cl)cc(N=C=S)c1C. The summed E-state index contributed by atoms with van der Waals surface area (Å²) < 4.78 is 0. The first-order chi connectivity index (χ1) is 9.02. The van der Waals surface area contributed by atoms with Gasteiger partial charge in [0, 0.05) is 10.0 Å². The van der Waals surface area contributed by atoms with E-state index in [2.05, 4.69) is 22.4 Å². The molecule has 0 aliphatic heterocycles. The monoisotopic (exact) mass is 307 g/mol. The van der Waals surface area contributed by atoms with Crippen molar-refractivity contribution in [3.05, 3.63) is 51.5 Å². The highest BCUT2D eigenvalue weighted by Crippen LogP contribution is 2.35. The fourth-order valence-electron chi connectivity index (χ4n) is 2.04. The molecular formula is C15H11Cl2NS. The van der Waals surface area contributed by atoms with Crippen LogP contribution in [0.4, 0.5) is 5.69 Å². The van der Waals surface area contributed by atoms with Gasteiger partial charge in [0.25, 0.3) is 0 Å². The Kier molecular flexibility index (Phi) is 4.38. The third-order valence-electron chi connectivity index (χ3n) is 2.99. The fraction of sp³-hybridized carbons (Fsp3) is 0.133. The summed E-state index contributed by atoms with van der Waals surface area (Å²) in [7, 11) is 0. The molecule has 0 aliphatic rings. The zero-order valence-electron chi connectivity index (χ0n) is 10.5. The van der Waals surface area contributed by atoms with Crippen molar-refractivity contribution >= 4 is 46.3 Å². The summed E-state index contributed by atoms with van der Waals surface area (Å²) in [4.78, 5) is 4.05. The van der Waals surface area contributed by atoms with Crippen molar-refractivity contribution in [3.8, 4) is 11.1 Å². The standard InChI is InChI=1S/C15H11Cl2NS/c1-9-5-11(16)3-4-13(9)14-6-12(17)7-15(10(14)2)18-8-19/h3-7H,1-2H3. The van der Waals surface area contributed by atoms with Crippen LogP contribution in [0.25, 0.3) is 11.1 Å². The molecule has 0 amide bonds. The number of thiocarbonyl (C=S) groups is 1. The maximum absolute atomic E-state index is 6.14. The van der Waals surface area contributed by atoms with Crippen LogP contribution in [-0.4, -0.2) is 5.16 Å². The molecule has 2 rings (SSSR count). The molecule has 0 unspecified atom stereocenters. The number of nitrogens with zero attached hydrogens (tertiary/aromatic N) is 1. The van der Waals surface area contributed by atoms with Gasteiger partial charge in [0.15, 0.2) is 0 Å². The van der Waals surface area contributed by atoms with E-state index in [0.717, 1.165) is 33.0 Å². The Morgan fingerprint density at radius 1 is 1.00 bits per heavy atom. The molecular weight excluding hydrogens is 297 g/mol. The fourth-order valence-corrected chi connectivity index (χ4v) is 2.58. The number of hydrogen-bond donors (Lipinski definition) is 0. The Balaban J connectivity index is 2.71. The Morgan fingerprint density at radius 2 is 1.74 bits per heavy atom. The minimum Gasteiger partial charge on any atom is -0.194 e. The minimum atomic E-state index is 0.624. The first-order valence-corrected chi connectivity index (χ1v) is 6.84. The van der Waals surface area contributed by atoms with Gasteiger partial charge in [-0.25, -0.2) is 0 Å². The second-order valence-corrected chi connectivity index (χ2v) is 5.32. The molecule has 0 aliphatic carbocycles. The van der Waals surface area contributed by atoms with Crippen molar-refractivity contribution in [2.45, 2.75) is 13.8 Å². The van der Waals surface area contributed by atoms with E-state index in [1.54, 1.807) is 6.07 Å². The Labute approximate surface area is 127 Å². The summed E-state index contributed by atoms with van der Waals surface area (Å²) in [6, 6.07) is 9.49. The highest BCUT2D eigenvalue weighted by Gasteiger charge is 2.10. The van der Waals surface area contributed by atoms with Gasteiger partial charge in [-0.3, -0.25) is 0 Å². The molecule has 96 valence electrons. The van der Waals surface area contributed by atoms with Gasteiger partial charge in [0.1, 0.15) is 0 Å². The van der Waals surface area contributed by atoms with Crippen molar-refractivity contribution in [1.82, 2.24) is 0 Å². The van der Waals surface area contributed by atoms with Gasteiger partial charge in [-0.15, -0.1) is 0 Å². The van der Waals surface area contributed by atoms with E-state index < -0.39 is 0 Å². The largest absolute Gasteiger partial charge is 0.194 e. The van der Waals surface area contributed by atoms with E-state index in [1.807, 2.05) is 38.1 Å². The first-order valence-electron chi connectivity index (χ1n) is 5.67. The van der Waals surface area contributed by atoms with Gasteiger partial charge in [-0.1, -0.05) is 29.3 Å². The molecule has 4 heteroatoms. The molecule has 2 aromatic rings. The molecule has 0 spiro atoms. The average Bonchev–Trinajstić information content (AvgIpc) is 2.34. The van der Waals surface area contributed by atoms with E-state index in [9.17, 15) is 0 Å². The van der Waals surface area contributed by atoms with Gasteiger partial charge < -0.3 is 0 Å². The van der Waals surface area contributed by atoms with Crippen molar-refractivity contribution in [3.63, 3.8) is 0 Å². The van der Waals surface area contributed by atoms with Crippen LogP contribution in [-0.2, 0) is 0 Å².